The monoisotopic (exact) mass is 2330 g/mol. The summed E-state index contributed by atoms with van der Waals surface area (Å²) in [4.78, 5) is 52.0. The average Bonchev–Trinajstić information content (AvgIpc) is 0.751. The second kappa shape index (κ2) is 46.0. The van der Waals surface area contributed by atoms with Gasteiger partial charge in [0, 0.05) is 0 Å². The van der Waals surface area contributed by atoms with Gasteiger partial charge < -0.3 is 143 Å². The van der Waals surface area contributed by atoms with Crippen LogP contribution < -0.4 is 18.9 Å². The Kier molecular flexibility index (Phi) is 39.7. The van der Waals surface area contributed by atoms with E-state index in [0.29, 0.717) is 0 Å². The van der Waals surface area contributed by atoms with E-state index in [0.717, 1.165) is 18.9 Å². The van der Waals surface area contributed by atoms with Crippen molar-refractivity contribution in [3.63, 3.8) is 0 Å². The Hall–Kier alpha value is -4.68. The highest BCUT2D eigenvalue weighted by atomic mass is 32.3. The van der Waals surface area contributed by atoms with Gasteiger partial charge in [-0.1, -0.05) is 0 Å². The standard InChI is InChI=1S/C48H78N4O77S12/c53-13-9(49-130(71,72)73)41(70)111-5(1-107-134(83,84)85)22(13)115-46-31(127-139(98,99)100)19(59)26(34(123-46)38(64)65)119-43-11(51-132(77,78)79)15(55)24(7(113-43)3-109-136(89,90)91)117-48-33(129-141(104,105)106)21(61)28(36(125-48)40(68)69)121-44-12(52-133(80,81)82)16(56)25(8(114-44)4-110-137(92,93)94)118-47-32(128-140(101,102)103)20(60)27(35(124-47)39(66)67)120-42-10(50-131(74,75)76)14(54)23(6(112-42)2-108-135(86,87)88)116-45-30(126-138(95,96)97)18(58)17(57)29(122-45)37(62)63/h5-36,41-61,70H,1-4H2,(H,62,63)(H,64,65)(H,66,67)(H,68,69)(H,71,72,73)(H,74,75,76)(H,77,78,79)(H,80,81,82)(H,83,84,85)(H,86,87,88)(H,89,90,91)(H,92,93,94)(H,95,96,97)(H,98,99,100)(H,101,102,103)(H,104,105,106)/t5-,6-,7-,8-,9-,10-,11-,12-,13-,14-,15-,16-,17+,18+,19+,20+,21+,22-,23-,24-,25-,26-,27-,28+,29-,30-,31-,32-,33-,34-,35-,36-,41+,42-,43-,44-,45-,46-,47-,48-/m1/s1. The first kappa shape index (κ1) is 122. The lowest BCUT2D eigenvalue weighted by Gasteiger charge is -2.51. The van der Waals surface area contributed by atoms with Gasteiger partial charge in [-0.25, -0.2) is 52.6 Å². The van der Waals surface area contributed by atoms with E-state index < -0.39 is 420 Å². The molecule has 8 rings (SSSR count). The second-order valence-electron chi connectivity index (χ2n) is 29.1. The van der Waals surface area contributed by atoms with E-state index >= 15 is 0 Å². The Morgan fingerprint density at radius 3 is 0.610 bits per heavy atom. The molecule has 0 aromatic carbocycles. The molecule has 40 atom stereocenters. The van der Waals surface area contributed by atoms with E-state index in [1.165, 1.54) is 0 Å². The first-order valence-corrected chi connectivity index (χ1v) is 53.1. The molecule has 0 aromatic heterocycles. The highest BCUT2D eigenvalue weighted by Crippen LogP contribution is 2.42. The number of aliphatic hydroxyl groups excluding tert-OH is 10. The maximum Gasteiger partial charge on any atom is 0.397 e. The third-order valence-corrected chi connectivity index (χ3v) is 25.3. The SMILES string of the molecule is O=C(O)[C@@H]1O[C@@H](O[C@H]2[C@H](O)[C@@H](NS(=O)(=O)O)[C@@H](O[C@@H]3[C@H](O)[C@@H](OS(=O)(=O)O)[C@H](O[C@H]4[C@H](O)[C@@H](NS(=O)(=O)O)[C@@H](O[C@H]5[C@H](O)[C@@H](OS(=O)(=O)O)[C@H](O[C@H]6[C@H](O)[C@@H](NS(=O)(=O)O)[C@@H](O[C@@H]7[C@H](O)[C@@H](OS(=O)(=O)O)[C@H](O[C@H]8[C@H](O)[C@@H](NS(=O)(=O)O)[C@@H](O)O[C@@H]8COS(=O)(=O)O)O[C@H]7C(=O)O)O[C@@H]6COS(=O)(=O)O)O[C@H]5C(=O)O)O[C@@H]4COS(=O)(=O)O)O[C@H]3C(=O)O)O[C@@H]2COS(=O)(=O)O)[C@H](OS(=O)(=O)O)[C@@H](O)[C@@H]1O. The molecule has 0 radical (unpaired) electrons. The van der Waals surface area contributed by atoms with Crippen LogP contribution in [0.1, 0.15) is 0 Å². The maximum absolute atomic E-state index is 13.5. The smallest absolute Gasteiger partial charge is 0.397 e. The van der Waals surface area contributed by atoms with Gasteiger partial charge in [-0.2, -0.15) is 120 Å². The van der Waals surface area contributed by atoms with Gasteiger partial charge in [-0.3, -0.25) is 54.6 Å². The molecule has 8 saturated heterocycles. The van der Waals surface area contributed by atoms with Crippen molar-refractivity contribution in [2.45, 2.75) is 245 Å². The minimum atomic E-state index is -6.53. The van der Waals surface area contributed by atoms with Crippen LogP contribution >= 0.6 is 0 Å². The molecule has 93 heteroatoms. The van der Waals surface area contributed by atoms with Crippen molar-refractivity contribution in [1.29, 1.82) is 0 Å². The normalized spacial score (nSPS) is 39.5. The number of carboxylic acid groups (broad SMARTS) is 4. The molecule has 0 unspecified atom stereocenters. The largest absolute Gasteiger partial charge is 0.479 e. The van der Waals surface area contributed by atoms with Crippen LogP contribution in [-0.4, -0.2) is 523 Å². The number of hydrogen-bond donors (Lipinski definition) is 30. The van der Waals surface area contributed by atoms with Gasteiger partial charge in [-0.05, 0) is 0 Å². The molecule has 0 spiro atoms. The third-order valence-electron chi connectivity index (χ3n) is 19.4. The summed E-state index contributed by atoms with van der Waals surface area (Å²) >= 11 is 0. The fraction of sp³-hybridized carbons (Fsp3) is 0.917. The molecular weight excluding hydrogens is 2250 g/mol. The van der Waals surface area contributed by atoms with Crippen LogP contribution in [0.4, 0.5) is 0 Å². The van der Waals surface area contributed by atoms with Gasteiger partial charge >= 0.3 is 148 Å². The molecule has 0 saturated carbocycles. The van der Waals surface area contributed by atoms with E-state index in [-0.39, 0.29) is 0 Å². The lowest BCUT2D eigenvalue weighted by molar-refractivity contribution is -0.378. The molecule has 141 heavy (non-hydrogen) atoms. The fourth-order valence-electron chi connectivity index (χ4n) is 14.1. The molecule has 824 valence electrons. The van der Waals surface area contributed by atoms with Gasteiger partial charge in [0.2, 0.25) is 0 Å². The molecule has 0 bridgehead atoms. The van der Waals surface area contributed by atoms with Crippen molar-refractivity contribution in [1.82, 2.24) is 18.9 Å². The van der Waals surface area contributed by atoms with Crippen LogP contribution in [0.15, 0.2) is 0 Å². The quantitative estimate of drug-likeness (QED) is 0.0252. The molecule has 0 aliphatic carbocycles. The van der Waals surface area contributed by atoms with Gasteiger partial charge in [0.05, 0.1) is 26.4 Å². The predicted molar refractivity (Wildman–Crippen MR) is 400 cm³/mol. The average molecular weight is 2330 g/mol. The summed E-state index contributed by atoms with van der Waals surface area (Å²) < 4.78 is 531. The van der Waals surface area contributed by atoms with Crippen molar-refractivity contribution in [3.05, 3.63) is 0 Å². The van der Waals surface area contributed by atoms with Crippen LogP contribution in [0.25, 0.3) is 0 Å². The zero-order chi connectivity index (χ0) is 107. The number of carboxylic acids is 4. The summed E-state index contributed by atoms with van der Waals surface area (Å²) in [6.45, 7) is -8.01. The number of aliphatic carboxylic acids is 4. The summed E-state index contributed by atoms with van der Waals surface area (Å²) in [7, 11) is -73.3. The molecule has 8 fully saturated rings. The van der Waals surface area contributed by atoms with Crippen molar-refractivity contribution >= 4 is 148 Å². The number of nitrogens with one attached hydrogen (secondary N) is 4. The first-order valence-electron chi connectivity index (χ1n) is 36.4. The van der Waals surface area contributed by atoms with Gasteiger partial charge in [-0.15, -0.1) is 0 Å². The van der Waals surface area contributed by atoms with Crippen LogP contribution in [0.5, 0.6) is 0 Å². The van der Waals surface area contributed by atoms with Crippen molar-refractivity contribution < 1.29 is 351 Å². The molecular formula is C48H78N4O77S12. The van der Waals surface area contributed by atoms with E-state index in [4.69, 9.17) is 71.1 Å². The molecule has 8 aliphatic rings. The van der Waals surface area contributed by atoms with Gasteiger partial charge in [0.25, 0.3) is 0 Å². The Morgan fingerprint density at radius 2 is 0.404 bits per heavy atom. The zero-order valence-electron chi connectivity index (χ0n) is 67.3. The van der Waals surface area contributed by atoms with Crippen molar-refractivity contribution in [2.75, 3.05) is 26.4 Å². The van der Waals surface area contributed by atoms with Crippen LogP contribution in [0.2, 0.25) is 0 Å². The summed E-state index contributed by atoms with van der Waals surface area (Å²) in [6.07, 6.45) is -116. The Morgan fingerprint density at radius 1 is 0.213 bits per heavy atom. The fourth-order valence-corrected chi connectivity index (χ4v) is 19.7. The molecule has 0 amide bonds. The number of hydrogen-bond acceptors (Lipinski definition) is 61. The lowest BCUT2D eigenvalue weighted by atomic mass is 9.94. The lowest BCUT2D eigenvalue weighted by Crippen LogP contribution is -2.71. The summed E-state index contributed by atoms with van der Waals surface area (Å²) in [5.41, 5.74) is 0. The van der Waals surface area contributed by atoms with Crippen LogP contribution in [-0.2, 0) is 248 Å². The molecule has 81 nitrogen and oxygen atoms in total. The van der Waals surface area contributed by atoms with E-state index in [1.807, 2.05) is 0 Å². The van der Waals surface area contributed by atoms with Crippen LogP contribution in [0.3, 0.4) is 0 Å². The third kappa shape index (κ3) is 34.7. The zero-order valence-corrected chi connectivity index (χ0v) is 77.1. The second-order valence-corrected chi connectivity index (χ2v) is 42.4. The van der Waals surface area contributed by atoms with E-state index in [9.17, 15) is 246 Å². The summed E-state index contributed by atoms with van der Waals surface area (Å²) in [5, 5.41) is 157. The molecule has 30 N–H and O–H groups in total. The molecule has 8 heterocycles. The topological polar surface area (TPSA) is 1260 Å². The molecule has 8 aliphatic heterocycles. The predicted octanol–water partition coefficient (Wildman–Crippen LogP) is -21.9. The van der Waals surface area contributed by atoms with Gasteiger partial charge in [0.1, 0.15) is 146 Å². The number of carbonyl (C=O) groups is 4. The highest BCUT2D eigenvalue weighted by Gasteiger charge is 2.65. The molecule has 0 aromatic rings. The van der Waals surface area contributed by atoms with E-state index in [1.54, 1.807) is 0 Å². The maximum atomic E-state index is 13.5. The van der Waals surface area contributed by atoms with Crippen molar-refractivity contribution in [3.8, 4) is 0 Å². The van der Waals surface area contributed by atoms with E-state index in [2.05, 4.69) is 33.5 Å². The number of rotatable bonds is 46. The van der Waals surface area contributed by atoms with Crippen LogP contribution in [0, 0.1) is 0 Å². The Bertz CT molecular complexity index is 5880. The summed E-state index contributed by atoms with van der Waals surface area (Å²) in [5.74, 6) is -10.4. The number of aliphatic hydroxyl groups is 10. The van der Waals surface area contributed by atoms with Gasteiger partial charge in [0.15, 0.2) is 99.2 Å². The van der Waals surface area contributed by atoms with Crippen molar-refractivity contribution in [2.24, 2.45) is 0 Å². The Labute approximate surface area is 785 Å². The number of ether oxygens (including phenoxy) is 15. The summed E-state index contributed by atoms with van der Waals surface area (Å²) in [6, 6.07) is -12.4. The Balaban J connectivity index is 1.15. The minimum Gasteiger partial charge on any atom is -0.479 e. The highest BCUT2D eigenvalue weighted by molar-refractivity contribution is 7.85. The minimum absolute atomic E-state index is 1.04. The first-order chi connectivity index (χ1) is 63.8.